The molecule has 1 heterocycles. The van der Waals surface area contributed by atoms with Crippen molar-refractivity contribution >= 4 is 22.3 Å². The van der Waals surface area contributed by atoms with Gasteiger partial charge in [0.25, 0.3) is 0 Å². The molecule has 1 fully saturated rings. The van der Waals surface area contributed by atoms with Crippen molar-refractivity contribution in [2.45, 2.75) is 32.7 Å². The Balaban J connectivity index is 3.08. The van der Waals surface area contributed by atoms with Crippen molar-refractivity contribution in [3.63, 3.8) is 0 Å². The molecule has 1 rings (SSSR count). The van der Waals surface area contributed by atoms with Crippen molar-refractivity contribution < 1.29 is 27.9 Å². The monoisotopic (exact) mass is 294 g/mol. The van der Waals surface area contributed by atoms with Gasteiger partial charge in [-0.1, -0.05) is 13.8 Å². The molecule has 110 valence electrons. The topological polar surface area (TPSA) is 113 Å². The van der Waals surface area contributed by atoms with Crippen LogP contribution in [0.2, 0.25) is 0 Å². The zero-order chi connectivity index (χ0) is 14.8. The van der Waals surface area contributed by atoms with Gasteiger partial charge in [-0.2, -0.15) is 12.7 Å². The molecule has 0 aromatic carbocycles. The minimum absolute atomic E-state index is 0.0483. The van der Waals surface area contributed by atoms with Crippen LogP contribution in [0.4, 0.5) is 4.79 Å². The molecule has 0 bridgehead atoms. The van der Waals surface area contributed by atoms with E-state index in [1.807, 2.05) is 0 Å². The Kier molecular flexibility index (Phi) is 4.41. The molecule has 1 aliphatic heterocycles. The molecule has 0 aromatic rings. The molecule has 19 heavy (non-hydrogen) atoms. The van der Waals surface area contributed by atoms with Gasteiger partial charge < -0.3 is 9.84 Å². The van der Waals surface area contributed by atoms with Crippen molar-refractivity contribution in [3.05, 3.63) is 0 Å². The van der Waals surface area contributed by atoms with E-state index in [4.69, 9.17) is 0 Å². The van der Waals surface area contributed by atoms with E-state index in [0.717, 1.165) is 11.4 Å². The highest BCUT2D eigenvalue weighted by molar-refractivity contribution is 7.87. The maximum Gasteiger partial charge on any atom is 0.421 e. The first kappa shape index (κ1) is 15.7. The van der Waals surface area contributed by atoms with Crippen molar-refractivity contribution in [1.29, 1.82) is 0 Å². The fraction of sp³-hybridized carbons (Fsp3) is 0.800. The van der Waals surface area contributed by atoms with Crippen LogP contribution in [0.3, 0.4) is 0 Å². The van der Waals surface area contributed by atoms with Crippen LogP contribution in [0.15, 0.2) is 0 Å². The second-order valence-corrected chi connectivity index (χ2v) is 6.67. The maximum atomic E-state index is 12.0. The summed E-state index contributed by atoms with van der Waals surface area (Å²) >= 11 is 0. The largest absolute Gasteiger partial charge is 0.480 e. The Morgan fingerprint density at radius 2 is 2.00 bits per heavy atom. The number of hydrogen-bond acceptors (Lipinski definition) is 5. The maximum absolute atomic E-state index is 12.0. The second-order valence-electron chi connectivity index (χ2n) is 5.04. The van der Waals surface area contributed by atoms with Crippen LogP contribution in [0.25, 0.3) is 0 Å². The SMILES string of the molecule is COC(=O)NS(=O)(=O)N1CCCC(C)(C)C1C(=O)O. The van der Waals surface area contributed by atoms with Gasteiger partial charge in [0.15, 0.2) is 0 Å². The zero-order valence-electron chi connectivity index (χ0n) is 11.0. The van der Waals surface area contributed by atoms with Gasteiger partial charge in [-0.15, -0.1) is 0 Å². The van der Waals surface area contributed by atoms with Gasteiger partial charge in [0.1, 0.15) is 6.04 Å². The predicted molar refractivity (Wildman–Crippen MR) is 65.6 cm³/mol. The van der Waals surface area contributed by atoms with Crippen molar-refractivity contribution in [2.24, 2.45) is 5.41 Å². The summed E-state index contributed by atoms with van der Waals surface area (Å²) in [6, 6.07) is -1.22. The number of aliphatic carboxylic acids is 1. The smallest absolute Gasteiger partial charge is 0.421 e. The summed E-state index contributed by atoms with van der Waals surface area (Å²) in [6.45, 7) is 3.42. The molecule has 1 aliphatic rings. The van der Waals surface area contributed by atoms with E-state index in [9.17, 15) is 23.1 Å². The van der Waals surface area contributed by atoms with Gasteiger partial charge in [0, 0.05) is 6.54 Å². The number of methoxy groups -OCH3 is 1. The molecule has 0 spiro atoms. The van der Waals surface area contributed by atoms with Gasteiger partial charge in [0.05, 0.1) is 7.11 Å². The van der Waals surface area contributed by atoms with Crippen LogP contribution in [-0.2, 0) is 19.7 Å². The lowest BCUT2D eigenvalue weighted by Crippen LogP contribution is -2.59. The number of carboxylic acid groups (broad SMARTS) is 1. The summed E-state index contributed by atoms with van der Waals surface area (Å²) in [6.07, 6.45) is -0.0277. The summed E-state index contributed by atoms with van der Waals surface area (Å²) in [4.78, 5) is 22.4. The molecule has 1 atom stereocenters. The zero-order valence-corrected chi connectivity index (χ0v) is 11.9. The molecule has 9 heteroatoms. The lowest BCUT2D eigenvalue weighted by atomic mass is 9.77. The molecule has 1 unspecified atom stereocenters. The van der Waals surface area contributed by atoms with E-state index < -0.39 is 33.7 Å². The number of nitrogens with zero attached hydrogens (tertiary/aromatic N) is 1. The number of carbonyl (C=O) groups excluding carboxylic acids is 1. The van der Waals surface area contributed by atoms with E-state index in [0.29, 0.717) is 12.8 Å². The minimum Gasteiger partial charge on any atom is -0.480 e. The van der Waals surface area contributed by atoms with E-state index in [-0.39, 0.29) is 6.54 Å². The number of carbonyl (C=O) groups is 2. The van der Waals surface area contributed by atoms with Crippen molar-refractivity contribution in [3.8, 4) is 0 Å². The molecular weight excluding hydrogens is 276 g/mol. The predicted octanol–water partition coefficient (Wildman–Crippen LogP) is 0.162. The van der Waals surface area contributed by atoms with Crippen LogP contribution in [-0.4, -0.2) is 49.6 Å². The second kappa shape index (κ2) is 5.33. The normalized spacial score (nSPS) is 23.6. The Hall–Kier alpha value is -1.35. The number of ether oxygens (including phenoxy) is 1. The summed E-state index contributed by atoms with van der Waals surface area (Å²) in [7, 11) is -3.20. The van der Waals surface area contributed by atoms with Crippen LogP contribution >= 0.6 is 0 Å². The van der Waals surface area contributed by atoms with Crippen LogP contribution in [0.1, 0.15) is 26.7 Å². The van der Waals surface area contributed by atoms with E-state index in [2.05, 4.69) is 4.74 Å². The van der Waals surface area contributed by atoms with E-state index in [1.165, 1.54) is 0 Å². The highest BCUT2D eigenvalue weighted by Gasteiger charge is 2.47. The number of amides is 1. The quantitative estimate of drug-likeness (QED) is 0.766. The lowest BCUT2D eigenvalue weighted by molar-refractivity contribution is -0.147. The molecular formula is C10H18N2O6S. The molecule has 1 amide bonds. The summed E-state index contributed by atoms with van der Waals surface area (Å²) in [5.74, 6) is -1.24. The first-order chi connectivity index (χ1) is 8.62. The lowest BCUT2D eigenvalue weighted by Gasteiger charge is -2.42. The van der Waals surface area contributed by atoms with Crippen molar-refractivity contribution in [1.82, 2.24) is 9.03 Å². The van der Waals surface area contributed by atoms with Crippen molar-refractivity contribution in [2.75, 3.05) is 13.7 Å². The van der Waals surface area contributed by atoms with Gasteiger partial charge >= 0.3 is 22.3 Å². The van der Waals surface area contributed by atoms with E-state index in [1.54, 1.807) is 18.6 Å². The number of nitrogens with one attached hydrogen (secondary N) is 1. The summed E-state index contributed by atoms with van der Waals surface area (Å²) in [5.41, 5.74) is -0.713. The summed E-state index contributed by atoms with van der Waals surface area (Å²) < 4.78 is 30.7. The fourth-order valence-corrected chi connectivity index (χ4v) is 3.70. The molecule has 0 saturated carbocycles. The average Bonchev–Trinajstić information content (AvgIpc) is 2.26. The van der Waals surface area contributed by atoms with Gasteiger partial charge in [-0.05, 0) is 18.3 Å². The molecule has 0 aromatic heterocycles. The number of hydrogen-bond donors (Lipinski definition) is 2. The van der Waals surface area contributed by atoms with Crippen LogP contribution in [0, 0.1) is 5.41 Å². The minimum atomic E-state index is -4.23. The molecule has 2 N–H and O–H groups in total. The Morgan fingerprint density at radius 3 is 2.47 bits per heavy atom. The third-order valence-electron chi connectivity index (χ3n) is 3.17. The Bertz CT molecular complexity index is 472. The highest BCUT2D eigenvalue weighted by atomic mass is 32.2. The third-order valence-corrected chi connectivity index (χ3v) is 4.60. The Labute approximate surface area is 111 Å². The number of piperidine rings is 1. The fourth-order valence-electron chi connectivity index (χ4n) is 2.27. The first-order valence-electron chi connectivity index (χ1n) is 5.72. The molecule has 8 nitrogen and oxygen atoms in total. The number of rotatable bonds is 3. The molecule has 0 radical (unpaired) electrons. The van der Waals surface area contributed by atoms with E-state index >= 15 is 0 Å². The summed E-state index contributed by atoms with van der Waals surface area (Å²) in [5, 5.41) is 9.25. The molecule has 1 saturated heterocycles. The number of carboxylic acids is 1. The highest BCUT2D eigenvalue weighted by Crippen LogP contribution is 2.36. The average molecular weight is 294 g/mol. The standard InChI is InChI=1S/C10H18N2O6S/c1-10(2)5-4-6-12(7(10)8(13)14)19(16,17)11-9(15)18-3/h7H,4-6H2,1-3H3,(H,11,15)(H,13,14). The van der Waals surface area contributed by atoms with Crippen LogP contribution < -0.4 is 4.72 Å². The first-order valence-corrected chi connectivity index (χ1v) is 7.16. The van der Waals surface area contributed by atoms with Gasteiger partial charge in [0.2, 0.25) is 0 Å². The van der Waals surface area contributed by atoms with Gasteiger partial charge in [-0.25, -0.2) is 9.52 Å². The molecule has 0 aliphatic carbocycles. The van der Waals surface area contributed by atoms with Crippen LogP contribution in [0.5, 0.6) is 0 Å². The van der Waals surface area contributed by atoms with Gasteiger partial charge in [-0.3, -0.25) is 4.79 Å². The Morgan fingerprint density at radius 1 is 1.42 bits per heavy atom. The third kappa shape index (κ3) is 3.35.